The van der Waals surface area contributed by atoms with E-state index in [1.807, 2.05) is 0 Å². The van der Waals surface area contributed by atoms with E-state index >= 15 is 0 Å². The predicted octanol–water partition coefficient (Wildman–Crippen LogP) is 0.566. The fourth-order valence-corrected chi connectivity index (χ4v) is 0.490. The number of aliphatic hydroxyl groups is 1. The van der Waals surface area contributed by atoms with Crippen LogP contribution in [0.5, 0.6) is 0 Å². The van der Waals surface area contributed by atoms with Crippen LogP contribution >= 0.6 is 0 Å². The predicted molar refractivity (Wildman–Crippen MR) is 54.1 cm³/mol. The van der Waals surface area contributed by atoms with E-state index in [1.165, 1.54) is 0 Å². The highest BCUT2D eigenvalue weighted by Gasteiger charge is 2.07. The molecule has 0 aliphatic rings. The van der Waals surface area contributed by atoms with Crippen molar-refractivity contribution in [1.82, 2.24) is 0 Å². The molecule has 0 radical (unpaired) electrons. The Balaban J connectivity index is 0. The van der Waals surface area contributed by atoms with Gasteiger partial charge in [0.1, 0.15) is 0 Å². The molecule has 8 nitrogen and oxygen atoms in total. The Hall–Kier alpha value is -2.35. The quantitative estimate of drug-likeness (QED) is 0.245. The smallest absolute Gasteiger partial charge is 0.371 e. The molecule has 4 N–H and O–H groups in total. The summed E-state index contributed by atoms with van der Waals surface area (Å²) < 4.78 is 0. The maximum Gasteiger partial charge on any atom is 0.371 e. The Morgan fingerprint density at radius 1 is 1.12 bits per heavy atom. The highest BCUT2D eigenvalue weighted by atomic mass is 17.1. The average molecular weight is 248 g/mol. The molecule has 0 rings (SSSR count). The third-order valence-electron chi connectivity index (χ3n) is 1.25. The van der Waals surface area contributed by atoms with Gasteiger partial charge in [0.2, 0.25) is 0 Å². The van der Waals surface area contributed by atoms with Gasteiger partial charge in [0.25, 0.3) is 0 Å². The Bertz CT molecular complexity index is 312. The van der Waals surface area contributed by atoms with E-state index in [4.69, 9.17) is 20.6 Å². The molecule has 0 amide bonds. The Morgan fingerprint density at radius 2 is 1.53 bits per heavy atom. The molecule has 0 aliphatic carbocycles. The SMILES string of the molecule is CCC(=CO)C(=O)OO.O=C(O)/C=C\C(=O)O. The minimum absolute atomic E-state index is 0.0394. The number of aliphatic carboxylic acids is 2. The van der Waals surface area contributed by atoms with E-state index in [0.29, 0.717) is 24.8 Å². The fourth-order valence-electron chi connectivity index (χ4n) is 0.490. The molecule has 0 aromatic rings. The molecule has 8 heteroatoms. The number of carboxylic acids is 2. The van der Waals surface area contributed by atoms with Crippen LogP contribution in [0.25, 0.3) is 0 Å². The molecule has 96 valence electrons. The second-order valence-electron chi connectivity index (χ2n) is 2.40. The Morgan fingerprint density at radius 3 is 1.65 bits per heavy atom. The molecule has 0 heterocycles. The molecule has 0 aromatic carbocycles. The van der Waals surface area contributed by atoms with E-state index in [9.17, 15) is 14.4 Å². The van der Waals surface area contributed by atoms with Crippen LogP contribution in [0, 0.1) is 0 Å². The van der Waals surface area contributed by atoms with Crippen molar-refractivity contribution in [2.75, 3.05) is 0 Å². The van der Waals surface area contributed by atoms with Gasteiger partial charge in [-0.2, -0.15) is 5.26 Å². The summed E-state index contributed by atoms with van der Waals surface area (Å²) >= 11 is 0. The minimum atomic E-state index is -1.26. The first-order valence-corrected chi connectivity index (χ1v) is 4.21. The van der Waals surface area contributed by atoms with Crippen LogP contribution in [-0.4, -0.2) is 38.5 Å². The zero-order chi connectivity index (χ0) is 13.8. The molecular weight excluding hydrogens is 236 g/mol. The van der Waals surface area contributed by atoms with Crippen molar-refractivity contribution in [1.29, 1.82) is 0 Å². The summed E-state index contributed by atoms with van der Waals surface area (Å²) in [5.41, 5.74) is 0.0394. The van der Waals surface area contributed by atoms with Gasteiger partial charge in [-0.3, -0.25) is 4.89 Å². The van der Waals surface area contributed by atoms with Crippen molar-refractivity contribution in [2.24, 2.45) is 0 Å². The van der Waals surface area contributed by atoms with Crippen LogP contribution in [0.3, 0.4) is 0 Å². The van der Waals surface area contributed by atoms with E-state index in [-0.39, 0.29) is 5.57 Å². The monoisotopic (exact) mass is 248 g/mol. The number of carbonyl (C=O) groups excluding carboxylic acids is 1. The van der Waals surface area contributed by atoms with Crippen LogP contribution < -0.4 is 0 Å². The first kappa shape index (κ1) is 17.1. The summed E-state index contributed by atoms with van der Waals surface area (Å²) in [6, 6.07) is 0. The Labute approximate surface area is 96.0 Å². The number of carboxylic acid groups (broad SMARTS) is 2. The average Bonchev–Trinajstić information content (AvgIpc) is 2.28. The van der Waals surface area contributed by atoms with Crippen molar-refractivity contribution >= 4 is 17.9 Å². The maximum absolute atomic E-state index is 10.3. The van der Waals surface area contributed by atoms with Crippen molar-refractivity contribution < 1.29 is 39.8 Å². The molecule has 0 spiro atoms. The molecular formula is C9H12O8. The summed E-state index contributed by atoms with van der Waals surface area (Å²) in [7, 11) is 0. The highest BCUT2D eigenvalue weighted by Crippen LogP contribution is 1.99. The lowest BCUT2D eigenvalue weighted by Gasteiger charge is -1.94. The van der Waals surface area contributed by atoms with Crippen LogP contribution in [0.4, 0.5) is 0 Å². The molecule has 0 unspecified atom stereocenters. The third kappa shape index (κ3) is 11.6. The van der Waals surface area contributed by atoms with Gasteiger partial charge in [0.15, 0.2) is 0 Å². The van der Waals surface area contributed by atoms with Gasteiger partial charge >= 0.3 is 17.9 Å². The number of carbonyl (C=O) groups is 3. The van der Waals surface area contributed by atoms with Crippen molar-refractivity contribution in [3.05, 3.63) is 24.0 Å². The second kappa shape index (κ2) is 10.2. The molecule has 0 aromatic heterocycles. The van der Waals surface area contributed by atoms with Gasteiger partial charge in [-0.15, -0.1) is 0 Å². The number of hydrogen-bond acceptors (Lipinski definition) is 6. The van der Waals surface area contributed by atoms with Gasteiger partial charge in [-0.25, -0.2) is 14.4 Å². The summed E-state index contributed by atoms with van der Waals surface area (Å²) in [5, 5.41) is 31.6. The van der Waals surface area contributed by atoms with Crippen molar-refractivity contribution in [2.45, 2.75) is 13.3 Å². The lowest BCUT2D eigenvalue weighted by Crippen LogP contribution is -2.03. The number of aliphatic hydroxyl groups excluding tert-OH is 1. The van der Waals surface area contributed by atoms with E-state index < -0.39 is 17.9 Å². The van der Waals surface area contributed by atoms with Gasteiger partial charge in [0, 0.05) is 12.2 Å². The topological polar surface area (TPSA) is 141 Å². The van der Waals surface area contributed by atoms with E-state index in [2.05, 4.69) is 4.89 Å². The van der Waals surface area contributed by atoms with E-state index in [1.54, 1.807) is 6.92 Å². The molecule has 0 aliphatic heterocycles. The molecule has 0 saturated heterocycles. The molecule has 0 atom stereocenters. The second-order valence-corrected chi connectivity index (χ2v) is 2.40. The van der Waals surface area contributed by atoms with Crippen LogP contribution in [-0.2, 0) is 19.3 Å². The highest BCUT2D eigenvalue weighted by molar-refractivity contribution is 5.89. The standard InChI is InChI=1S/C5H8O4.C4H4O4/c1-2-4(3-6)5(7)9-8;5-3(6)1-2-4(7)8/h3,6,8H,2H2,1H3;1-2H,(H,5,6)(H,7,8)/b;2-1-. The molecule has 0 saturated carbocycles. The van der Waals surface area contributed by atoms with Crippen molar-refractivity contribution in [3.63, 3.8) is 0 Å². The first-order valence-electron chi connectivity index (χ1n) is 4.21. The fraction of sp³-hybridized carbons (Fsp3) is 0.222. The van der Waals surface area contributed by atoms with Gasteiger partial charge < -0.3 is 15.3 Å². The zero-order valence-corrected chi connectivity index (χ0v) is 8.86. The summed E-state index contributed by atoms with van der Waals surface area (Å²) in [6.45, 7) is 1.65. The Kier molecular flexibility index (Phi) is 10.2. The zero-order valence-electron chi connectivity index (χ0n) is 8.86. The summed E-state index contributed by atoms with van der Waals surface area (Å²) in [5.74, 6) is -3.43. The van der Waals surface area contributed by atoms with E-state index in [0.717, 1.165) is 0 Å². The van der Waals surface area contributed by atoms with Gasteiger partial charge in [-0.05, 0) is 6.42 Å². The maximum atomic E-state index is 10.3. The van der Waals surface area contributed by atoms with Crippen LogP contribution in [0.1, 0.15) is 13.3 Å². The van der Waals surface area contributed by atoms with Gasteiger partial charge in [-0.1, -0.05) is 6.92 Å². The molecule has 17 heavy (non-hydrogen) atoms. The lowest BCUT2D eigenvalue weighted by atomic mass is 10.2. The third-order valence-corrected chi connectivity index (χ3v) is 1.25. The summed E-state index contributed by atoms with van der Waals surface area (Å²) in [6.07, 6.45) is 2.05. The van der Waals surface area contributed by atoms with Crippen LogP contribution in [0.2, 0.25) is 0 Å². The molecule has 0 fully saturated rings. The largest absolute Gasteiger partial charge is 0.515 e. The van der Waals surface area contributed by atoms with Crippen molar-refractivity contribution in [3.8, 4) is 0 Å². The minimum Gasteiger partial charge on any atom is -0.515 e. The molecule has 0 bridgehead atoms. The first-order chi connectivity index (χ1) is 7.88. The van der Waals surface area contributed by atoms with Gasteiger partial charge in [0.05, 0.1) is 11.8 Å². The summed E-state index contributed by atoms with van der Waals surface area (Å²) in [4.78, 5) is 32.7. The normalized spacial score (nSPS) is 10.4. The van der Waals surface area contributed by atoms with Crippen LogP contribution in [0.15, 0.2) is 24.0 Å². The number of hydrogen-bond donors (Lipinski definition) is 4. The lowest BCUT2D eigenvalue weighted by molar-refractivity contribution is -0.229. The number of rotatable bonds is 4.